The highest BCUT2D eigenvalue weighted by molar-refractivity contribution is 5.95. The molecule has 0 aliphatic heterocycles. The molecule has 0 aliphatic rings. The van der Waals surface area contributed by atoms with Gasteiger partial charge in [0.15, 0.2) is 0 Å². The Hall–Kier alpha value is -4.28. The summed E-state index contributed by atoms with van der Waals surface area (Å²) in [5.74, 6) is 0.338. The minimum atomic E-state index is -4.54. The standard InChI is InChI=1S/C23H20F3N7O/c1-33-19(18-8-9-27-14-31-18)12-29-21(33)13-28-16-5-2-4-15(10-16)22(34)30-11-17-6-3-7-20(32-17)23(24,25)26/h2-10,12,14,28H,11,13H2,1H3,(H,30,34). The van der Waals surface area contributed by atoms with Gasteiger partial charge in [-0.15, -0.1) is 0 Å². The predicted molar refractivity (Wildman–Crippen MR) is 118 cm³/mol. The smallest absolute Gasteiger partial charge is 0.378 e. The number of carbonyl (C=O) groups excluding carboxylic acids is 1. The summed E-state index contributed by atoms with van der Waals surface area (Å²) in [5, 5.41) is 5.83. The quantitative estimate of drug-likeness (QED) is 0.429. The number of hydrogen-bond donors (Lipinski definition) is 2. The first-order chi connectivity index (χ1) is 16.3. The van der Waals surface area contributed by atoms with Gasteiger partial charge in [0.25, 0.3) is 5.91 Å². The van der Waals surface area contributed by atoms with Gasteiger partial charge in [-0.25, -0.2) is 19.9 Å². The van der Waals surface area contributed by atoms with Gasteiger partial charge < -0.3 is 15.2 Å². The van der Waals surface area contributed by atoms with Crippen LogP contribution in [0.15, 0.2) is 67.3 Å². The van der Waals surface area contributed by atoms with E-state index in [2.05, 4.69) is 30.6 Å². The molecule has 1 amide bonds. The molecule has 0 unspecified atom stereocenters. The number of nitrogens with one attached hydrogen (secondary N) is 2. The number of halogens is 3. The lowest BCUT2D eigenvalue weighted by Gasteiger charge is -2.11. The van der Waals surface area contributed by atoms with E-state index in [4.69, 9.17) is 0 Å². The molecule has 1 aromatic carbocycles. The second-order valence-electron chi connectivity index (χ2n) is 7.34. The highest BCUT2D eigenvalue weighted by Gasteiger charge is 2.32. The number of pyridine rings is 1. The molecular weight excluding hydrogens is 447 g/mol. The first-order valence-electron chi connectivity index (χ1n) is 10.2. The van der Waals surface area contributed by atoms with Gasteiger partial charge in [0.1, 0.15) is 17.8 Å². The van der Waals surface area contributed by atoms with Crippen LogP contribution < -0.4 is 10.6 Å². The summed E-state index contributed by atoms with van der Waals surface area (Å²) in [4.78, 5) is 28.6. The Morgan fingerprint density at radius 2 is 1.88 bits per heavy atom. The maximum Gasteiger partial charge on any atom is 0.433 e. The molecule has 0 fully saturated rings. The Labute approximate surface area is 192 Å². The first kappa shape index (κ1) is 22.9. The third-order valence-electron chi connectivity index (χ3n) is 5.03. The second kappa shape index (κ2) is 9.69. The number of aromatic nitrogens is 5. The molecule has 0 bridgehead atoms. The van der Waals surface area contributed by atoms with Crippen LogP contribution >= 0.6 is 0 Å². The molecule has 3 aromatic heterocycles. The SMILES string of the molecule is Cn1c(-c2ccncn2)cnc1CNc1cccc(C(=O)NCc2cccc(C(F)(F)F)n2)c1. The Balaban J connectivity index is 1.38. The van der Waals surface area contributed by atoms with Crippen LogP contribution in [0.3, 0.4) is 0 Å². The van der Waals surface area contributed by atoms with Gasteiger partial charge in [-0.05, 0) is 36.4 Å². The highest BCUT2D eigenvalue weighted by Crippen LogP contribution is 2.27. The summed E-state index contributed by atoms with van der Waals surface area (Å²) in [5.41, 5.74) is 1.77. The number of nitrogens with zero attached hydrogens (tertiary/aromatic N) is 5. The van der Waals surface area contributed by atoms with Crippen LogP contribution in [0.4, 0.5) is 18.9 Å². The van der Waals surface area contributed by atoms with Gasteiger partial charge in [-0.2, -0.15) is 13.2 Å². The molecule has 3 heterocycles. The van der Waals surface area contributed by atoms with Gasteiger partial charge in [-0.3, -0.25) is 4.79 Å². The molecule has 4 aromatic rings. The molecule has 0 atom stereocenters. The highest BCUT2D eigenvalue weighted by atomic mass is 19.4. The summed E-state index contributed by atoms with van der Waals surface area (Å²) in [6.45, 7) is 0.278. The zero-order chi connectivity index (χ0) is 24.1. The van der Waals surface area contributed by atoms with E-state index < -0.39 is 17.8 Å². The van der Waals surface area contributed by atoms with Gasteiger partial charge in [0, 0.05) is 24.5 Å². The molecule has 4 rings (SSSR count). The maximum absolute atomic E-state index is 12.8. The number of benzene rings is 1. The third-order valence-corrected chi connectivity index (χ3v) is 5.03. The molecule has 0 saturated heterocycles. The fourth-order valence-electron chi connectivity index (χ4n) is 3.25. The second-order valence-corrected chi connectivity index (χ2v) is 7.34. The van der Waals surface area contributed by atoms with Crippen LogP contribution in [0.2, 0.25) is 0 Å². The first-order valence-corrected chi connectivity index (χ1v) is 10.2. The summed E-state index contributed by atoms with van der Waals surface area (Å²) in [6.07, 6.45) is 0.320. The zero-order valence-electron chi connectivity index (χ0n) is 18.0. The van der Waals surface area contributed by atoms with Gasteiger partial charge in [-0.1, -0.05) is 12.1 Å². The average Bonchev–Trinajstić information content (AvgIpc) is 3.21. The molecule has 0 aliphatic carbocycles. The molecule has 0 spiro atoms. The molecule has 0 saturated carbocycles. The number of rotatable bonds is 7. The van der Waals surface area contributed by atoms with E-state index in [9.17, 15) is 18.0 Å². The number of anilines is 1. The van der Waals surface area contributed by atoms with E-state index in [0.717, 1.165) is 23.3 Å². The normalized spacial score (nSPS) is 11.3. The van der Waals surface area contributed by atoms with Gasteiger partial charge >= 0.3 is 6.18 Å². The van der Waals surface area contributed by atoms with Crippen molar-refractivity contribution in [2.75, 3.05) is 5.32 Å². The average molecular weight is 467 g/mol. The minimum Gasteiger partial charge on any atom is -0.378 e. The van der Waals surface area contributed by atoms with E-state index in [-0.39, 0.29) is 12.2 Å². The van der Waals surface area contributed by atoms with Crippen molar-refractivity contribution in [3.8, 4) is 11.4 Å². The Kier molecular flexibility index (Phi) is 6.53. The summed E-state index contributed by atoms with van der Waals surface area (Å²) < 4.78 is 40.4. The van der Waals surface area contributed by atoms with Crippen LogP contribution in [-0.2, 0) is 26.3 Å². The number of imidazole rings is 1. The molecular formula is C23H20F3N7O. The maximum atomic E-state index is 12.8. The lowest BCUT2D eigenvalue weighted by atomic mass is 10.2. The summed E-state index contributed by atoms with van der Waals surface area (Å²) in [6, 6.07) is 12.2. The molecule has 34 heavy (non-hydrogen) atoms. The van der Waals surface area contributed by atoms with Gasteiger partial charge in [0.05, 0.1) is 36.4 Å². The van der Waals surface area contributed by atoms with Crippen molar-refractivity contribution in [1.29, 1.82) is 0 Å². The molecule has 2 N–H and O–H groups in total. The van der Waals surface area contributed by atoms with Crippen LogP contribution in [-0.4, -0.2) is 30.4 Å². The van der Waals surface area contributed by atoms with E-state index in [1.807, 2.05) is 11.6 Å². The molecule has 174 valence electrons. The predicted octanol–water partition coefficient (Wildman–Crippen LogP) is 3.83. The summed E-state index contributed by atoms with van der Waals surface area (Å²) >= 11 is 0. The fourth-order valence-corrected chi connectivity index (χ4v) is 3.25. The van der Waals surface area contributed by atoms with Crippen molar-refractivity contribution in [2.45, 2.75) is 19.3 Å². The largest absolute Gasteiger partial charge is 0.433 e. The lowest BCUT2D eigenvalue weighted by Crippen LogP contribution is -2.24. The topological polar surface area (TPSA) is 97.6 Å². The minimum absolute atomic E-state index is 0.117. The van der Waals surface area contributed by atoms with Crippen LogP contribution in [0.1, 0.15) is 27.6 Å². The Bertz CT molecular complexity index is 1290. The number of carbonyl (C=O) groups is 1. The van der Waals surface area contributed by atoms with Gasteiger partial charge in [0.2, 0.25) is 0 Å². The van der Waals surface area contributed by atoms with Crippen LogP contribution in [0.5, 0.6) is 0 Å². The summed E-state index contributed by atoms with van der Waals surface area (Å²) in [7, 11) is 1.88. The number of hydrogen-bond acceptors (Lipinski definition) is 6. The monoisotopic (exact) mass is 467 g/mol. The van der Waals surface area contributed by atoms with E-state index in [1.54, 1.807) is 42.7 Å². The molecule has 0 radical (unpaired) electrons. The number of alkyl halides is 3. The number of amides is 1. The van der Waals surface area contributed by atoms with Crippen molar-refractivity contribution in [3.05, 3.63) is 90.0 Å². The van der Waals surface area contributed by atoms with Crippen LogP contribution in [0.25, 0.3) is 11.4 Å². The molecule has 8 nitrogen and oxygen atoms in total. The van der Waals surface area contributed by atoms with Crippen molar-refractivity contribution < 1.29 is 18.0 Å². The Morgan fingerprint density at radius 1 is 1.06 bits per heavy atom. The zero-order valence-corrected chi connectivity index (χ0v) is 18.0. The van der Waals surface area contributed by atoms with Crippen molar-refractivity contribution in [2.24, 2.45) is 7.05 Å². The molecule has 11 heteroatoms. The van der Waals surface area contributed by atoms with Crippen molar-refractivity contribution in [1.82, 2.24) is 29.8 Å². The third kappa shape index (κ3) is 5.37. The van der Waals surface area contributed by atoms with Crippen molar-refractivity contribution >= 4 is 11.6 Å². The fraction of sp³-hybridized carbons (Fsp3) is 0.174. The van der Waals surface area contributed by atoms with E-state index in [1.165, 1.54) is 18.5 Å². The van der Waals surface area contributed by atoms with E-state index in [0.29, 0.717) is 17.8 Å². The van der Waals surface area contributed by atoms with E-state index >= 15 is 0 Å². The van der Waals surface area contributed by atoms with Crippen LogP contribution in [0, 0.1) is 0 Å². The lowest BCUT2D eigenvalue weighted by molar-refractivity contribution is -0.141. The Morgan fingerprint density at radius 3 is 2.65 bits per heavy atom. The van der Waals surface area contributed by atoms with Crippen molar-refractivity contribution in [3.63, 3.8) is 0 Å².